The summed E-state index contributed by atoms with van der Waals surface area (Å²) in [7, 11) is 0. The van der Waals surface area contributed by atoms with Gasteiger partial charge in [-0.05, 0) is 51.0 Å². The minimum absolute atomic E-state index is 0.138. The van der Waals surface area contributed by atoms with Crippen LogP contribution in [0.2, 0.25) is 0 Å². The number of ether oxygens (including phenoxy) is 1. The Hall–Kier alpha value is -1.51. The lowest BCUT2D eigenvalue weighted by atomic mass is 10.0. The molecule has 0 saturated heterocycles. The Morgan fingerprint density at radius 3 is 2.44 bits per heavy atom. The second kappa shape index (κ2) is 3.51. The summed E-state index contributed by atoms with van der Waals surface area (Å²) in [6.07, 6.45) is 0. The number of hydrogen-bond acceptors (Lipinski definition) is 3. The molecule has 1 heterocycles. The van der Waals surface area contributed by atoms with E-state index in [0.29, 0.717) is 12.5 Å². The molecule has 0 saturated carbocycles. The van der Waals surface area contributed by atoms with Gasteiger partial charge in [0, 0.05) is 5.69 Å². The zero-order valence-corrected chi connectivity index (χ0v) is 10.3. The summed E-state index contributed by atoms with van der Waals surface area (Å²) in [6.45, 7) is 8.85. The van der Waals surface area contributed by atoms with Crippen LogP contribution in [0.25, 0.3) is 0 Å². The molecule has 3 nitrogen and oxygen atoms in total. The number of hydrogen-bond donors (Lipinski definition) is 1. The lowest BCUT2D eigenvalue weighted by Crippen LogP contribution is -2.17. The van der Waals surface area contributed by atoms with Crippen LogP contribution in [0.5, 0.6) is 0 Å². The highest BCUT2D eigenvalue weighted by molar-refractivity contribution is 6.00. The van der Waals surface area contributed by atoms with Crippen LogP contribution < -0.4 is 5.73 Å². The molecule has 0 radical (unpaired) electrons. The summed E-state index contributed by atoms with van der Waals surface area (Å²) in [5.41, 5.74) is 9.91. The van der Waals surface area contributed by atoms with E-state index in [-0.39, 0.29) is 5.54 Å². The molecule has 1 aromatic carbocycles. The van der Waals surface area contributed by atoms with Crippen molar-refractivity contribution in [2.45, 2.75) is 33.2 Å². The summed E-state index contributed by atoms with van der Waals surface area (Å²) < 4.78 is 5.60. The van der Waals surface area contributed by atoms with Gasteiger partial charge < -0.3 is 10.5 Å². The molecule has 0 fully saturated rings. The first-order valence-electron chi connectivity index (χ1n) is 5.49. The lowest BCUT2D eigenvalue weighted by molar-refractivity contribution is 0.279. The zero-order chi connectivity index (χ0) is 11.9. The minimum Gasteiger partial charge on any atom is -0.475 e. The van der Waals surface area contributed by atoms with Crippen LogP contribution in [0.3, 0.4) is 0 Å². The van der Waals surface area contributed by atoms with Crippen molar-refractivity contribution in [3.63, 3.8) is 0 Å². The first kappa shape index (κ1) is 11.0. The van der Waals surface area contributed by atoms with Gasteiger partial charge in [0.1, 0.15) is 6.61 Å². The van der Waals surface area contributed by atoms with Gasteiger partial charge in [-0.15, -0.1) is 0 Å². The lowest BCUT2D eigenvalue weighted by Gasteiger charge is -2.08. The highest BCUT2D eigenvalue weighted by Gasteiger charge is 2.28. The molecule has 3 heteroatoms. The van der Waals surface area contributed by atoms with Crippen LogP contribution >= 0.6 is 0 Å². The Morgan fingerprint density at radius 1 is 1.25 bits per heavy atom. The molecule has 0 amide bonds. The van der Waals surface area contributed by atoms with E-state index in [1.165, 1.54) is 11.1 Å². The van der Waals surface area contributed by atoms with E-state index < -0.39 is 0 Å². The summed E-state index contributed by atoms with van der Waals surface area (Å²) in [4.78, 5) is 4.54. The van der Waals surface area contributed by atoms with Crippen LogP contribution in [-0.2, 0) is 4.74 Å². The quantitative estimate of drug-likeness (QED) is 0.736. The van der Waals surface area contributed by atoms with Crippen molar-refractivity contribution in [1.82, 2.24) is 0 Å². The van der Waals surface area contributed by atoms with E-state index in [1.807, 2.05) is 12.1 Å². The molecule has 0 spiro atoms. The number of anilines is 1. The fourth-order valence-corrected chi connectivity index (χ4v) is 1.75. The van der Waals surface area contributed by atoms with Gasteiger partial charge >= 0.3 is 0 Å². The Bertz CT molecular complexity index is 461. The molecule has 2 rings (SSSR count). The summed E-state index contributed by atoms with van der Waals surface area (Å²) in [6, 6.07) is 4.02. The first-order valence-corrected chi connectivity index (χ1v) is 5.49. The largest absolute Gasteiger partial charge is 0.475 e. The second-order valence-electron chi connectivity index (χ2n) is 5.04. The van der Waals surface area contributed by atoms with E-state index in [4.69, 9.17) is 10.5 Å². The number of nitrogen functional groups attached to an aromatic ring is 1. The first-order chi connectivity index (χ1) is 7.39. The van der Waals surface area contributed by atoms with Gasteiger partial charge in [0.25, 0.3) is 0 Å². The third-order valence-corrected chi connectivity index (χ3v) is 2.86. The molecule has 1 aliphatic rings. The predicted molar refractivity (Wildman–Crippen MR) is 66.9 cm³/mol. The fraction of sp³-hybridized carbons (Fsp3) is 0.462. The number of rotatable bonds is 1. The second-order valence-corrected chi connectivity index (χ2v) is 5.04. The Kier molecular flexibility index (Phi) is 2.41. The highest BCUT2D eigenvalue weighted by atomic mass is 16.5. The van der Waals surface area contributed by atoms with Crippen molar-refractivity contribution >= 4 is 11.6 Å². The normalized spacial score (nSPS) is 18.1. The van der Waals surface area contributed by atoms with Crippen LogP contribution in [0.1, 0.15) is 30.5 Å². The Morgan fingerprint density at radius 2 is 1.88 bits per heavy atom. The summed E-state index contributed by atoms with van der Waals surface area (Å²) >= 11 is 0. The molecular formula is C13H18N2O. The molecule has 0 aliphatic carbocycles. The molecule has 0 bridgehead atoms. The maximum atomic E-state index is 6.00. The van der Waals surface area contributed by atoms with Gasteiger partial charge in [-0.3, -0.25) is 0 Å². The SMILES string of the molecule is Cc1cc(N)c(C2=NC(C)(C)CO2)cc1C. The van der Waals surface area contributed by atoms with Gasteiger partial charge in [-0.25, -0.2) is 4.99 Å². The van der Waals surface area contributed by atoms with Gasteiger partial charge in [0.15, 0.2) is 0 Å². The van der Waals surface area contributed by atoms with Crippen molar-refractivity contribution < 1.29 is 4.74 Å². The summed E-state index contributed by atoms with van der Waals surface area (Å²) in [5, 5.41) is 0. The highest BCUT2D eigenvalue weighted by Crippen LogP contribution is 2.25. The van der Waals surface area contributed by atoms with Gasteiger partial charge in [0.2, 0.25) is 5.90 Å². The molecule has 86 valence electrons. The standard InChI is InChI=1S/C13H18N2O/c1-8-5-10(11(14)6-9(8)2)12-15-13(3,4)7-16-12/h5-6H,7,14H2,1-4H3. The third-order valence-electron chi connectivity index (χ3n) is 2.86. The molecule has 2 N–H and O–H groups in total. The Labute approximate surface area is 96.3 Å². The summed E-state index contributed by atoms with van der Waals surface area (Å²) in [5.74, 6) is 0.672. The maximum Gasteiger partial charge on any atom is 0.218 e. The molecular weight excluding hydrogens is 200 g/mol. The van der Waals surface area contributed by atoms with Gasteiger partial charge in [-0.1, -0.05) is 0 Å². The van der Waals surface area contributed by atoms with Crippen LogP contribution in [-0.4, -0.2) is 18.0 Å². The van der Waals surface area contributed by atoms with Crippen molar-refractivity contribution in [3.8, 4) is 0 Å². The van der Waals surface area contributed by atoms with Crippen LogP contribution in [0, 0.1) is 13.8 Å². The molecule has 0 unspecified atom stereocenters. The van der Waals surface area contributed by atoms with Crippen molar-refractivity contribution in [2.75, 3.05) is 12.3 Å². The number of nitrogens with zero attached hydrogens (tertiary/aromatic N) is 1. The number of nitrogens with two attached hydrogens (primary N) is 1. The molecule has 0 aromatic heterocycles. The predicted octanol–water partition coefficient (Wildman–Crippen LogP) is 2.44. The number of aryl methyl sites for hydroxylation is 2. The topological polar surface area (TPSA) is 47.6 Å². The molecule has 0 atom stereocenters. The van der Waals surface area contributed by atoms with Crippen molar-refractivity contribution in [2.24, 2.45) is 4.99 Å². The van der Waals surface area contributed by atoms with Gasteiger partial charge in [0.05, 0.1) is 11.1 Å². The number of aliphatic imine (C=N–C) groups is 1. The van der Waals surface area contributed by atoms with Crippen LogP contribution in [0.15, 0.2) is 17.1 Å². The van der Waals surface area contributed by atoms with Crippen molar-refractivity contribution in [3.05, 3.63) is 28.8 Å². The minimum atomic E-state index is -0.138. The smallest absolute Gasteiger partial charge is 0.218 e. The van der Waals surface area contributed by atoms with Gasteiger partial charge in [-0.2, -0.15) is 0 Å². The van der Waals surface area contributed by atoms with Crippen LogP contribution in [0.4, 0.5) is 5.69 Å². The van der Waals surface area contributed by atoms with E-state index in [1.54, 1.807) is 0 Å². The monoisotopic (exact) mass is 218 g/mol. The zero-order valence-electron chi connectivity index (χ0n) is 10.3. The third kappa shape index (κ3) is 1.90. The van der Waals surface area contributed by atoms with E-state index >= 15 is 0 Å². The molecule has 16 heavy (non-hydrogen) atoms. The average molecular weight is 218 g/mol. The van der Waals surface area contributed by atoms with E-state index in [9.17, 15) is 0 Å². The Balaban J connectivity index is 2.46. The number of benzene rings is 1. The molecule has 1 aliphatic heterocycles. The van der Waals surface area contributed by atoms with Crippen molar-refractivity contribution in [1.29, 1.82) is 0 Å². The maximum absolute atomic E-state index is 6.00. The van der Waals surface area contributed by atoms with E-state index in [0.717, 1.165) is 11.3 Å². The van der Waals surface area contributed by atoms with E-state index in [2.05, 4.69) is 32.7 Å². The average Bonchev–Trinajstić information content (AvgIpc) is 2.52. The fourth-order valence-electron chi connectivity index (χ4n) is 1.75. The molecule has 1 aromatic rings.